The number of Topliss-reactive ketones (excluding diaryl/α,β-unsaturated/α-hetero) is 1. The van der Waals surface area contributed by atoms with E-state index in [2.05, 4.69) is 5.10 Å². The van der Waals surface area contributed by atoms with Crippen molar-refractivity contribution in [1.29, 1.82) is 0 Å². The summed E-state index contributed by atoms with van der Waals surface area (Å²) in [6.45, 7) is 4.01. The van der Waals surface area contributed by atoms with Crippen molar-refractivity contribution in [2.75, 3.05) is 11.4 Å². The number of carbonyl (C=O) groups excluding carboxylic acids is 2. The molecule has 10 nitrogen and oxygen atoms in total. The number of pyridine rings is 1. The van der Waals surface area contributed by atoms with Crippen molar-refractivity contribution in [3.8, 4) is 17.2 Å². The molecule has 0 N–H and O–H groups in total. The second-order valence-corrected chi connectivity index (χ2v) is 10.8. The minimum absolute atomic E-state index is 0.0177. The molecular weight excluding hydrogens is 572 g/mol. The molecule has 0 aliphatic carbocycles. The van der Waals surface area contributed by atoms with Gasteiger partial charge in [0.05, 0.1) is 23.8 Å². The third-order valence-electron chi connectivity index (χ3n) is 7.48. The summed E-state index contributed by atoms with van der Waals surface area (Å²) in [7, 11) is 0. The standard InChI is InChI=1S/C32H27F2N5O5/c1-19(2)37-18-24(31(42)39(32(37)43)22-8-6-21(33)7-9-22)27(40)15-20-5-10-28(25(34)14-20)44-29-16-23(36-13-3-4-30(36)41)17-38-26(29)11-12-35-38/h5-12,14,16-19H,3-4,13,15H2,1-2H3. The average molecular weight is 600 g/mol. The fourth-order valence-electron chi connectivity index (χ4n) is 5.22. The van der Waals surface area contributed by atoms with Crippen LogP contribution in [-0.2, 0) is 11.2 Å². The lowest BCUT2D eigenvalue weighted by Crippen LogP contribution is -2.42. The van der Waals surface area contributed by atoms with Crippen LogP contribution >= 0.6 is 0 Å². The molecule has 12 heteroatoms. The van der Waals surface area contributed by atoms with E-state index in [0.29, 0.717) is 29.9 Å². The Morgan fingerprint density at radius 2 is 1.73 bits per heavy atom. The van der Waals surface area contributed by atoms with E-state index in [9.17, 15) is 23.6 Å². The Balaban J connectivity index is 1.29. The van der Waals surface area contributed by atoms with Gasteiger partial charge in [0.25, 0.3) is 5.56 Å². The van der Waals surface area contributed by atoms with Crippen LogP contribution in [0.5, 0.6) is 11.5 Å². The monoisotopic (exact) mass is 599 g/mol. The molecule has 6 rings (SSSR count). The molecular formula is C32H27F2N5O5. The van der Waals surface area contributed by atoms with E-state index in [0.717, 1.165) is 29.2 Å². The zero-order valence-corrected chi connectivity index (χ0v) is 23.9. The van der Waals surface area contributed by atoms with E-state index >= 15 is 4.39 Å². The van der Waals surface area contributed by atoms with Gasteiger partial charge in [-0.05, 0) is 68.3 Å². The average Bonchev–Trinajstić information content (AvgIpc) is 3.64. The Labute approximate surface area is 249 Å². The lowest BCUT2D eigenvalue weighted by atomic mass is 10.0. The lowest BCUT2D eigenvalue weighted by molar-refractivity contribution is -0.117. The third kappa shape index (κ3) is 5.30. The molecule has 1 fully saturated rings. The number of ether oxygens (including phenoxy) is 1. The molecule has 0 bridgehead atoms. The van der Waals surface area contributed by atoms with Gasteiger partial charge in [0.15, 0.2) is 23.1 Å². The Hall–Kier alpha value is -5.39. The number of anilines is 1. The summed E-state index contributed by atoms with van der Waals surface area (Å²) in [5, 5.41) is 4.24. The molecule has 3 aromatic heterocycles. The highest BCUT2D eigenvalue weighted by atomic mass is 19.1. The van der Waals surface area contributed by atoms with Gasteiger partial charge in [-0.15, -0.1) is 0 Å². The van der Waals surface area contributed by atoms with Crippen molar-refractivity contribution in [1.82, 2.24) is 18.7 Å². The minimum atomic E-state index is -0.856. The quantitative estimate of drug-likeness (QED) is 0.236. The smallest absolute Gasteiger partial charge is 0.335 e. The van der Waals surface area contributed by atoms with Crippen molar-refractivity contribution in [3.05, 3.63) is 117 Å². The predicted molar refractivity (Wildman–Crippen MR) is 158 cm³/mol. The molecule has 1 saturated heterocycles. The first kappa shape index (κ1) is 28.7. The molecule has 0 atom stereocenters. The highest BCUT2D eigenvalue weighted by molar-refractivity contribution is 5.97. The maximum Gasteiger partial charge on any atom is 0.335 e. The van der Waals surface area contributed by atoms with E-state index in [1.807, 2.05) is 0 Å². The molecule has 1 aliphatic heterocycles. The van der Waals surface area contributed by atoms with Crippen LogP contribution in [0.4, 0.5) is 14.5 Å². The van der Waals surface area contributed by atoms with Gasteiger partial charge in [-0.1, -0.05) is 6.07 Å². The van der Waals surface area contributed by atoms with Crippen LogP contribution in [0.1, 0.15) is 48.7 Å². The molecule has 1 aliphatic rings. The van der Waals surface area contributed by atoms with Crippen molar-refractivity contribution in [3.63, 3.8) is 0 Å². The number of hydrogen-bond acceptors (Lipinski definition) is 6. The Bertz CT molecular complexity index is 2050. The second-order valence-electron chi connectivity index (χ2n) is 10.8. The zero-order chi connectivity index (χ0) is 31.1. The molecule has 0 radical (unpaired) electrons. The number of fused-ring (bicyclic) bond motifs is 1. The lowest BCUT2D eigenvalue weighted by Gasteiger charge is -2.18. The van der Waals surface area contributed by atoms with Crippen LogP contribution in [-0.4, -0.2) is 37.0 Å². The topological polar surface area (TPSA) is 108 Å². The summed E-state index contributed by atoms with van der Waals surface area (Å²) in [5.74, 6) is -1.75. The molecule has 1 amide bonds. The number of halogens is 2. The molecule has 4 heterocycles. The van der Waals surface area contributed by atoms with Gasteiger partial charge in [0.2, 0.25) is 5.91 Å². The van der Waals surface area contributed by atoms with Crippen molar-refractivity contribution < 1.29 is 23.1 Å². The normalized spacial score (nSPS) is 13.3. The van der Waals surface area contributed by atoms with E-state index in [4.69, 9.17) is 4.74 Å². The highest BCUT2D eigenvalue weighted by Gasteiger charge is 2.24. The SMILES string of the molecule is CC(C)n1cc(C(=O)Cc2ccc(Oc3cc(N4CCCC4=O)cn4nccc34)c(F)c2)c(=O)n(-c2ccc(F)cc2)c1=O. The number of benzene rings is 2. The first-order valence-electron chi connectivity index (χ1n) is 14.0. The van der Waals surface area contributed by atoms with Crippen LogP contribution in [0.2, 0.25) is 0 Å². The number of hydrogen-bond donors (Lipinski definition) is 0. The summed E-state index contributed by atoms with van der Waals surface area (Å²) >= 11 is 0. The van der Waals surface area contributed by atoms with Gasteiger partial charge in [-0.2, -0.15) is 5.10 Å². The van der Waals surface area contributed by atoms with E-state index < -0.39 is 28.7 Å². The minimum Gasteiger partial charge on any atom is -0.452 e. The fraction of sp³-hybridized carbons (Fsp3) is 0.219. The van der Waals surface area contributed by atoms with Crippen molar-refractivity contribution >= 4 is 22.9 Å². The molecule has 2 aromatic carbocycles. The van der Waals surface area contributed by atoms with E-state index in [1.165, 1.54) is 35.0 Å². The second kappa shape index (κ2) is 11.4. The van der Waals surface area contributed by atoms with Gasteiger partial charge in [0.1, 0.15) is 16.9 Å². The van der Waals surface area contributed by atoms with Crippen molar-refractivity contribution in [2.45, 2.75) is 39.2 Å². The number of aromatic nitrogens is 4. The van der Waals surface area contributed by atoms with E-state index in [-0.39, 0.29) is 40.9 Å². The number of carbonyl (C=O) groups is 2. The van der Waals surface area contributed by atoms with Crippen LogP contribution in [0.3, 0.4) is 0 Å². The summed E-state index contributed by atoms with van der Waals surface area (Å²) in [5.41, 5.74) is -0.257. The fourth-order valence-corrected chi connectivity index (χ4v) is 5.22. The maximum absolute atomic E-state index is 15.3. The van der Waals surface area contributed by atoms with Crippen LogP contribution < -0.4 is 20.9 Å². The molecule has 0 spiro atoms. The van der Waals surface area contributed by atoms with Gasteiger partial charge in [-0.25, -0.2) is 22.7 Å². The Morgan fingerprint density at radius 1 is 0.955 bits per heavy atom. The Morgan fingerprint density at radius 3 is 2.41 bits per heavy atom. The molecule has 0 unspecified atom stereocenters. The number of nitrogens with zero attached hydrogens (tertiary/aromatic N) is 5. The summed E-state index contributed by atoms with van der Waals surface area (Å²) in [6.07, 6.45) is 5.34. The number of amides is 1. The molecule has 0 saturated carbocycles. The third-order valence-corrected chi connectivity index (χ3v) is 7.48. The van der Waals surface area contributed by atoms with Gasteiger partial charge in [0, 0.05) is 37.7 Å². The molecule has 224 valence electrons. The maximum atomic E-state index is 15.3. The van der Waals surface area contributed by atoms with Crippen LogP contribution in [0.25, 0.3) is 11.2 Å². The predicted octanol–water partition coefficient (Wildman–Crippen LogP) is 4.85. The summed E-state index contributed by atoms with van der Waals surface area (Å²) in [4.78, 5) is 53.7. The highest BCUT2D eigenvalue weighted by Crippen LogP contribution is 2.33. The summed E-state index contributed by atoms with van der Waals surface area (Å²) < 4.78 is 38.4. The number of rotatable bonds is 8. The van der Waals surface area contributed by atoms with Crippen molar-refractivity contribution in [2.24, 2.45) is 0 Å². The summed E-state index contributed by atoms with van der Waals surface area (Å²) in [6, 6.07) is 11.8. The van der Waals surface area contributed by atoms with Crippen LogP contribution in [0.15, 0.2) is 82.8 Å². The van der Waals surface area contributed by atoms with Gasteiger partial charge >= 0.3 is 5.69 Å². The van der Waals surface area contributed by atoms with Gasteiger partial charge in [-0.3, -0.25) is 19.0 Å². The molecule has 44 heavy (non-hydrogen) atoms. The first-order valence-corrected chi connectivity index (χ1v) is 14.0. The Kier molecular flexibility index (Phi) is 7.41. The first-order chi connectivity index (χ1) is 21.1. The van der Waals surface area contributed by atoms with E-state index in [1.54, 1.807) is 47.8 Å². The molecule has 5 aromatic rings. The zero-order valence-electron chi connectivity index (χ0n) is 23.9. The largest absolute Gasteiger partial charge is 0.452 e. The van der Waals surface area contributed by atoms with Gasteiger partial charge < -0.3 is 9.64 Å². The number of ketones is 1. The van der Waals surface area contributed by atoms with Crippen LogP contribution in [0, 0.1) is 11.6 Å².